The van der Waals surface area contributed by atoms with E-state index in [4.69, 9.17) is 16.3 Å². The number of anilines is 1. The van der Waals surface area contributed by atoms with Gasteiger partial charge in [-0.3, -0.25) is 0 Å². The minimum absolute atomic E-state index is 0.269. The number of rotatable bonds is 4. The molecule has 146 valence electrons. The summed E-state index contributed by atoms with van der Waals surface area (Å²) in [5, 5.41) is 0.615. The summed E-state index contributed by atoms with van der Waals surface area (Å²) in [5.74, 6) is -0.269. The quantitative estimate of drug-likeness (QED) is 0.692. The van der Waals surface area contributed by atoms with Crippen molar-refractivity contribution < 1.29 is 9.53 Å². The lowest BCUT2D eigenvalue weighted by atomic mass is 9.94. The fraction of sp³-hybridized carbons (Fsp3) is 0.348. The van der Waals surface area contributed by atoms with E-state index in [-0.39, 0.29) is 5.97 Å². The molecule has 2 aromatic rings. The number of hydrogen-bond acceptors (Lipinski definition) is 4. The average Bonchev–Trinajstić information content (AvgIpc) is 2.91. The van der Waals surface area contributed by atoms with Crippen LogP contribution in [0.2, 0.25) is 5.02 Å². The maximum absolute atomic E-state index is 12.7. The Bertz CT molecular complexity index is 907. The number of halogens is 1. The molecule has 0 aliphatic carbocycles. The van der Waals surface area contributed by atoms with Crippen molar-refractivity contribution in [3.05, 3.63) is 70.4 Å². The normalized spacial score (nSPS) is 22.4. The van der Waals surface area contributed by atoms with Crippen molar-refractivity contribution in [1.82, 2.24) is 4.90 Å². The van der Waals surface area contributed by atoms with Gasteiger partial charge in [-0.25, -0.2) is 4.79 Å². The Morgan fingerprint density at radius 3 is 2.75 bits per heavy atom. The van der Waals surface area contributed by atoms with Gasteiger partial charge in [-0.15, -0.1) is 0 Å². The molecule has 2 saturated heterocycles. The van der Waals surface area contributed by atoms with Crippen LogP contribution in [0.1, 0.15) is 35.2 Å². The van der Waals surface area contributed by atoms with E-state index in [1.165, 1.54) is 16.9 Å². The Labute approximate surface area is 171 Å². The number of piperidine rings is 1. The van der Waals surface area contributed by atoms with Crippen LogP contribution in [-0.4, -0.2) is 43.7 Å². The van der Waals surface area contributed by atoms with Crippen molar-refractivity contribution in [1.29, 1.82) is 0 Å². The molecule has 4 rings (SSSR count). The Hall–Kier alpha value is -2.46. The van der Waals surface area contributed by atoms with Crippen molar-refractivity contribution in [3.63, 3.8) is 0 Å². The summed E-state index contributed by atoms with van der Waals surface area (Å²) in [7, 11) is 4.09. The molecule has 0 N–H and O–H groups in total. The molecule has 2 aliphatic heterocycles. The van der Waals surface area contributed by atoms with Crippen LogP contribution in [0.5, 0.6) is 0 Å². The van der Waals surface area contributed by atoms with Crippen molar-refractivity contribution in [2.75, 3.05) is 32.1 Å². The third-order valence-corrected chi connectivity index (χ3v) is 5.81. The lowest BCUT2D eigenvalue weighted by molar-refractivity contribution is -0.0270. The Morgan fingerprint density at radius 1 is 1.21 bits per heavy atom. The average molecular weight is 397 g/mol. The predicted octanol–water partition coefficient (Wildman–Crippen LogP) is 4.84. The second-order valence-electron chi connectivity index (χ2n) is 7.91. The molecule has 0 spiro atoms. The summed E-state index contributed by atoms with van der Waals surface area (Å²) in [6.45, 7) is 1.78. The second-order valence-corrected chi connectivity index (χ2v) is 8.34. The molecular formula is C23H25ClN2O2. The van der Waals surface area contributed by atoms with Gasteiger partial charge in [0.05, 0.1) is 12.1 Å². The molecule has 0 aromatic heterocycles. The minimum Gasteiger partial charge on any atom is -0.453 e. The van der Waals surface area contributed by atoms with Crippen LogP contribution in [0, 0.1) is 0 Å². The first-order valence-electron chi connectivity index (χ1n) is 9.66. The lowest BCUT2D eigenvalue weighted by Crippen LogP contribution is -2.42. The van der Waals surface area contributed by atoms with E-state index in [1.807, 2.05) is 14.1 Å². The SMILES string of the molecule is CN(C)c1cccc(/C=C2\CC3(OC(=O)c4ccc(Cl)cc4)CCCN2C3)c1. The largest absolute Gasteiger partial charge is 0.453 e. The van der Waals surface area contributed by atoms with Crippen LogP contribution in [0.3, 0.4) is 0 Å². The van der Waals surface area contributed by atoms with Crippen LogP contribution in [0.4, 0.5) is 5.69 Å². The number of carbonyl (C=O) groups is 1. The number of hydrogen-bond donors (Lipinski definition) is 0. The van der Waals surface area contributed by atoms with Crippen molar-refractivity contribution in [2.45, 2.75) is 24.9 Å². The Morgan fingerprint density at radius 2 is 2.00 bits per heavy atom. The first-order valence-corrected chi connectivity index (χ1v) is 10.0. The summed E-state index contributed by atoms with van der Waals surface area (Å²) in [4.78, 5) is 17.1. The number of benzene rings is 2. The summed E-state index contributed by atoms with van der Waals surface area (Å²) in [5.41, 5.74) is 3.71. The van der Waals surface area contributed by atoms with E-state index in [2.05, 4.69) is 40.1 Å². The lowest BCUT2D eigenvalue weighted by Gasteiger charge is -2.33. The maximum Gasteiger partial charge on any atom is 0.338 e. The van der Waals surface area contributed by atoms with E-state index in [0.29, 0.717) is 10.6 Å². The van der Waals surface area contributed by atoms with E-state index in [1.54, 1.807) is 24.3 Å². The summed E-state index contributed by atoms with van der Waals surface area (Å²) < 4.78 is 6.05. The molecule has 2 bridgehead atoms. The zero-order valence-corrected chi connectivity index (χ0v) is 17.1. The van der Waals surface area contributed by atoms with E-state index in [0.717, 1.165) is 32.4 Å². The van der Waals surface area contributed by atoms with Gasteiger partial charge in [-0.05, 0) is 60.9 Å². The number of ether oxygens (including phenoxy) is 1. The van der Waals surface area contributed by atoms with Crippen LogP contribution in [0.15, 0.2) is 54.2 Å². The highest BCUT2D eigenvalue weighted by molar-refractivity contribution is 6.30. The van der Waals surface area contributed by atoms with Gasteiger partial charge in [0.15, 0.2) is 0 Å². The van der Waals surface area contributed by atoms with Gasteiger partial charge in [-0.2, -0.15) is 0 Å². The molecule has 4 nitrogen and oxygen atoms in total. The van der Waals surface area contributed by atoms with E-state index in [9.17, 15) is 4.79 Å². The summed E-state index contributed by atoms with van der Waals surface area (Å²) in [6.07, 6.45) is 4.93. The van der Waals surface area contributed by atoms with Gasteiger partial charge >= 0.3 is 5.97 Å². The molecule has 0 amide bonds. The van der Waals surface area contributed by atoms with Gasteiger partial charge in [0, 0.05) is 43.5 Å². The molecule has 2 aromatic carbocycles. The van der Waals surface area contributed by atoms with Gasteiger partial charge < -0.3 is 14.5 Å². The molecule has 2 aliphatic rings. The molecule has 0 saturated carbocycles. The highest BCUT2D eigenvalue weighted by Crippen LogP contribution is 2.42. The molecule has 2 heterocycles. The Balaban J connectivity index is 1.55. The van der Waals surface area contributed by atoms with Crippen LogP contribution in [-0.2, 0) is 4.74 Å². The smallest absolute Gasteiger partial charge is 0.338 e. The van der Waals surface area contributed by atoms with Crippen molar-refractivity contribution in [3.8, 4) is 0 Å². The minimum atomic E-state index is -0.431. The Kier molecular flexibility index (Phi) is 5.07. The fourth-order valence-electron chi connectivity index (χ4n) is 4.12. The predicted molar refractivity (Wildman–Crippen MR) is 114 cm³/mol. The third kappa shape index (κ3) is 3.88. The standard InChI is InChI=1S/C23H25ClN2O2/c1-25(2)20-6-3-5-17(13-20)14-21-15-23(11-4-12-26(21)16-23)28-22(27)18-7-9-19(24)10-8-18/h3,5-10,13-14H,4,11-12,15-16H2,1-2H3/b21-14+. The van der Waals surface area contributed by atoms with Crippen molar-refractivity contribution >= 4 is 29.3 Å². The first kappa shape index (κ1) is 18.9. The van der Waals surface area contributed by atoms with Gasteiger partial charge in [0.25, 0.3) is 0 Å². The number of esters is 1. The molecule has 28 heavy (non-hydrogen) atoms. The summed E-state index contributed by atoms with van der Waals surface area (Å²) in [6, 6.07) is 15.4. The molecule has 2 fully saturated rings. The second kappa shape index (κ2) is 7.51. The van der Waals surface area contributed by atoms with Gasteiger partial charge in [0.1, 0.15) is 5.60 Å². The number of fused-ring (bicyclic) bond motifs is 2. The molecule has 0 radical (unpaired) electrons. The van der Waals surface area contributed by atoms with Crippen molar-refractivity contribution in [2.24, 2.45) is 0 Å². The molecule has 1 unspecified atom stereocenters. The fourth-order valence-corrected chi connectivity index (χ4v) is 4.24. The van der Waals surface area contributed by atoms with Crippen LogP contribution < -0.4 is 4.90 Å². The zero-order chi connectivity index (χ0) is 19.7. The topological polar surface area (TPSA) is 32.8 Å². The molecular weight excluding hydrogens is 372 g/mol. The first-order chi connectivity index (χ1) is 13.4. The number of nitrogens with zero attached hydrogens (tertiary/aromatic N) is 2. The monoisotopic (exact) mass is 396 g/mol. The highest BCUT2D eigenvalue weighted by Gasteiger charge is 2.46. The van der Waals surface area contributed by atoms with Gasteiger partial charge in [-0.1, -0.05) is 23.7 Å². The van der Waals surface area contributed by atoms with Crippen LogP contribution >= 0.6 is 11.6 Å². The highest BCUT2D eigenvalue weighted by atomic mass is 35.5. The molecule has 1 atom stereocenters. The van der Waals surface area contributed by atoms with Gasteiger partial charge in [0.2, 0.25) is 0 Å². The molecule has 5 heteroatoms. The zero-order valence-electron chi connectivity index (χ0n) is 16.3. The third-order valence-electron chi connectivity index (χ3n) is 5.56. The number of carbonyl (C=O) groups excluding carboxylic acids is 1. The maximum atomic E-state index is 12.7. The van der Waals surface area contributed by atoms with Crippen LogP contribution in [0.25, 0.3) is 6.08 Å². The van der Waals surface area contributed by atoms with E-state index >= 15 is 0 Å². The summed E-state index contributed by atoms with van der Waals surface area (Å²) >= 11 is 5.93. The van der Waals surface area contributed by atoms with E-state index < -0.39 is 5.60 Å².